The lowest BCUT2D eigenvalue weighted by Crippen LogP contribution is -2.47. The molecule has 6 heteroatoms. The van der Waals surface area contributed by atoms with Crippen molar-refractivity contribution < 1.29 is 4.74 Å². The molecule has 0 spiro atoms. The molecule has 1 aliphatic heterocycles. The molecule has 2 fully saturated rings. The molecule has 2 aromatic rings. The second-order valence-corrected chi connectivity index (χ2v) is 8.90. The van der Waals surface area contributed by atoms with E-state index in [4.69, 9.17) is 17.0 Å². The highest BCUT2D eigenvalue weighted by molar-refractivity contribution is 7.80. The third-order valence-electron chi connectivity index (χ3n) is 6.11. The molecular weight excluding hydrogens is 382 g/mol. The van der Waals surface area contributed by atoms with Crippen molar-refractivity contribution in [3.8, 4) is 0 Å². The van der Waals surface area contributed by atoms with Crippen LogP contribution in [0, 0.1) is 6.92 Å². The van der Waals surface area contributed by atoms with Gasteiger partial charge in [0, 0.05) is 30.3 Å². The van der Waals surface area contributed by atoms with Crippen molar-refractivity contribution in [1.29, 1.82) is 0 Å². The van der Waals surface area contributed by atoms with Crippen molar-refractivity contribution in [2.24, 2.45) is 0 Å². The van der Waals surface area contributed by atoms with E-state index in [0.29, 0.717) is 12.6 Å². The summed E-state index contributed by atoms with van der Waals surface area (Å²) in [5.41, 5.74) is 2.72. The van der Waals surface area contributed by atoms with Gasteiger partial charge < -0.3 is 19.9 Å². The zero-order valence-electron chi connectivity index (χ0n) is 17.2. The molecular formula is C23H31N3O2S. The van der Waals surface area contributed by atoms with Gasteiger partial charge in [-0.05, 0) is 67.9 Å². The van der Waals surface area contributed by atoms with Crippen molar-refractivity contribution in [2.75, 3.05) is 13.2 Å². The van der Waals surface area contributed by atoms with Crippen LogP contribution in [0.3, 0.4) is 0 Å². The standard InChI is InChI=1S/C23H31N3O2S/c1-16-9-10-17-13-18(22(27)25-21(17)12-16)14-26(15-20-8-5-11-28-20)23(29)24-19-6-3-2-4-7-19/h9-10,12-13,19-20H,2-8,11,14-15H2,1H3,(H,24,29)(H,25,27). The number of thiocarbonyl (C=S) groups is 1. The number of fused-ring (bicyclic) bond motifs is 1. The highest BCUT2D eigenvalue weighted by Gasteiger charge is 2.24. The lowest BCUT2D eigenvalue weighted by Gasteiger charge is -2.32. The maximum atomic E-state index is 12.8. The number of nitrogens with one attached hydrogen (secondary N) is 2. The molecule has 2 N–H and O–H groups in total. The molecule has 0 amide bonds. The quantitative estimate of drug-likeness (QED) is 0.725. The Morgan fingerprint density at radius 2 is 2.03 bits per heavy atom. The van der Waals surface area contributed by atoms with Crippen molar-refractivity contribution in [1.82, 2.24) is 15.2 Å². The smallest absolute Gasteiger partial charge is 0.253 e. The molecule has 2 heterocycles. The van der Waals surface area contributed by atoms with Gasteiger partial charge in [0.15, 0.2) is 5.11 Å². The van der Waals surface area contributed by atoms with Crippen molar-refractivity contribution >= 4 is 28.2 Å². The summed E-state index contributed by atoms with van der Waals surface area (Å²) in [6, 6.07) is 8.59. The first-order valence-electron chi connectivity index (χ1n) is 10.9. The SMILES string of the molecule is Cc1ccc2cc(CN(CC3CCCO3)C(=S)NC3CCCCC3)c(=O)[nH]c2c1. The Morgan fingerprint density at radius 1 is 1.21 bits per heavy atom. The lowest BCUT2D eigenvalue weighted by atomic mass is 9.96. The molecule has 29 heavy (non-hydrogen) atoms. The van der Waals surface area contributed by atoms with E-state index < -0.39 is 0 Å². The van der Waals surface area contributed by atoms with E-state index in [1.165, 1.54) is 32.1 Å². The van der Waals surface area contributed by atoms with E-state index >= 15 is 0 Å². The molecule has 1 atom stereocenters. The fourth-order valence-electron chi connectivity index (χ4n) is 4.45. The van der Waals surface area contributed by atoms with Crippen molar-refractivity contribution in [2.45, 2.75) is 70.6 Å². The number of nitrogens with zero attached hydrogens (tertiary/aromatic N) is 1. The Hall–Kier alpha value is -1.92. The van der Waals surface area contributed by atoms with Crippen molar-refractivity contribution in [3.63, 3.8) is 0 Å². The van der Waals surface area contributed by atoms with Crippen LogP contribution in [0.1, 0.15) is 56.1 Å². The zero-order chi connectivity index (χ0) is 20.2. The number of hydrogen-bond acceptors (Lipinski definition) is 3. The predicted octanol–water partition coefficient (Wildman–Crippen LogP) is 4.02. The van der Waals surface area contributed by atoms with Gasteiger partial charge >= 0.3 is 0 Å². The van der Waals surface area contributed by atoms with E-state index in [2.05, 4.69) is 27.3 Å². The van der Waals surface area contributed by atoms with Crippen LogP contribution in [0.4, 0.5) is 0 Å². The van der Waals surface area contributed by atoms with Gasteiger partial charge in [-0.25, -0.2) is 0 Å². The third-order valence-corrected chi connectivity index (χ3v) is 6.48. The van der Waals surface area contributed by atoms with Crippen LogP contribution < -0.4 is 10.9 Å². The number of hydrogen-bond donors (Lipinski definition) is 2. The zero-order valence-corrected chi connectivity index (χ0v) is 18.0. The average molecular weight is 414 g/mol. The topological polar surface area (TPSA) is 57.4 Å². The molecule has 1 aromatic heterocycles. The van der Waals surface area contributed by atoms with Gasteiger partial charge in [0.25, 0.3) is 5.56 Å². The van der Waals surface area contributed by atoms with Crippen molar-refractivity contribution in [3.05, 3.63) is 45.7 Å². The number of aryl methyl sites for hydroxylation is 1. The van der Waals surface area contributed by atoms with Gasteiger partial charge in [-0.2, -0.15) is 0 Å². The van der Waals surface area contributed by atoms with E-state index in [-0.39, 0.29) is 11.7 Å². The molecule has 156 valence electrons. The molecule has 1 saturated carbocycles. The monoisotopic (exact) mass is 413 g/mol. The van der Waals surface area contributed by atoms with Gasteiger partial charge in [0.1, 0.15) is 0 Å². The Labute approximate surface area is 177 Å². The maximum absolute atomic E-state index is 12.8. The Kier molecular flexibility index (Phi) is 6.50. The van der Waals surface area contributed by atoms with E-state index in [1.54, 1.807) is 0 Å². The molecule has 0 radical (unpaired) electrons. The van der Waals surface area contributed by atoms with E-state index in [0.717, 1.165) is 53.1 Å². The van der Waals surface area contributed by atoms with Crippen LogP contribution >= 0.6 is 12.2 Å². The van der Waals surface area contributed by atoms with Gasteiger partial charge in [0.2, 0.25) is 0 Å². The molecule has 1 aliphatic carbocycles. The highest BCUT2D eigenvalue weighted by atomic mass is 32.1. The fraction of sp³-hybridized carbons (Fsp3) is 0.565. The van der Waals surface area contributed by atoms with Gasteiger partial charge in [-0.1, -0.05) is 31.4 Å². The van der Waals surface area contributed by atoms with E-state index in [1.807, 2.05) is 19.1 Å². The summed E-state index contributed by atoms with van der Waals surface area (Å²) in [4.78, 5) is 17.9. The molecule has 1 aromatic carbocycles. The van der Waals surface area contributed by atoms with Crippen LogP contribution in [0.25, 0.3) is 10.9 Å². The minimum absolute atomic E-state index is 0.0408. The molecule has 1 unspecified atom stereocenters. The first-order chi connectivity index (χ1) is 14.1. The Balaban J connectivity index is 1.54. The molecule has 5 nitrogen and oxygen atoms in total. The Bertz CT molecular complexity index is 914. The summed E-state index contributed by atoms with van der Waals surface area (Å²) < 4.78 is 5.86. The summed E-state index contributed by atoms with van der Waals surface area (Å²) in [6.07, 6.45) is 8.51. The predicted molar refractivity (Wildman–Crippen MR) is 121 cm³/mol. The summed E-state index contributed by atoms with van der Waals surface area (Å²) in [6.45, 7) is 4.07. The summed E-state index contributed by atoms with van der Waals surface area (Å²) in [7, 11) is 0. The average Bonchev–Trinajstić information content (AvgIpc) is 3.22. The summed E-state index contributed by atoms with van der Waals surface area (Å²) in [5.74, 6) is 0. The summed E-state index contributed by atoms with van der Waals surface area (Å²) in [5, 5.41) is 5.36. The maximum Gasteiger partial charge on any atom is 0.253 e. The first-order valence-corrected chi connectivity index (χ1v) is 11.3. The lowest BCUT2D eigenvalue weighted by molar-refractivity contribution is 0.0894. The Morgan fingerprint density at radius 3 is 2.79 bits per heavy atom. The second-order valence-electron chi connectivity index (χ2n) is 8.51. The number of aromatic nitrogens is 1. The normalized spacial score (nSPS) is 20.1. The number of rotatable bonds is 5. The fourth-order valence-corrected chi connectivity index (χ4v) is 4.76. The number of pyridine rings is 1. The number of benzene rings is 1. The number of ether oxygens (including phenoxy) is 1. The van der Waals surface area contributed by atoms with Gasteiger partial charge in [0.05, 0.1) is 12.6 Å². The molecule has 4 rings (SSSR count). The largest absolute Gasteiger partial charge is 0.376 e. The van der Waals surface area contributed by atoms with E-state index in [9.17, 15) is 4.79 Å². The van der Waals surface area contributed by atoms with Crippen LogP contribution in [0.15, 0.2) is 29.1 Å². The summed E-state index contributed by atoms with van der Waals surface area (Å²) >= 11 is 5.79. The molecule has 0 bridgehead atoms. The van der Waals surface area contributed by atoms with Gasteiger partial charge in [-0.3, -0.25) is 4.79 Å². The van der Waals surface area contributed by atoms with Crippen LogP contribution in [-0.4, -0.2) is 40.3 Å². The molecule has 1 saturated heterocycles. The van der Waals surface area contributed by atoms with Crippen LogP contribution in [-0.2, 0) is 11.3 Å². The van der Waals surface area contributed by atoms with Crippen LogP contribution in [0.2, 0.25) is 0 Å². The minimum Gasteiger partial charge on any atom is -0.376 e. The highest BCUT2D eigenvalue weighted by Crippen LogP contribution is 2.20. The van der Waals surface area contributed by atoms with Gasteiger partial charge in [-0.15, -0.1) is 0 Å². The third kappa shape index (κ3) is 5.17. The number of H-pyrrole nitrogens is 1. The van der Waals surface area contributed by atoms with Crippen LogP contribution in [0.5, 0.6) is 0 Å². The molecule has 2 aliphatic rings. The number of aromatic amines is 1. The minimum atomic E-state index is -0.0408. The second kappa shape index (κ2) is 9.26. The first kappa shape index (κ1) is 20.4.